The number of aryl methyl sites for hydroxylation is 1. The van der Waals surface area contributed by atoms with Crippen LogP contribution < -0.4 is 5.73 Å². The number of benzene rings is 1. The fourth-order valence-electron chi connectivity index (χ4n) is 3.34. The number of hydrogen-bond donors (Lipinski definition) is 2. The third-order valence-corrected chi connectivity index (χ3v) is 4.59. The van der Waals surface area contributed by atoms with Gasteiger partial charge in [-0.2, -0.15) is 0 Å². The van der Waals surface area contributed by atoms with E-state index >= 15 is 0 Å². The van der Waals surface area contributed by atoms with E-state index in [0.29, 0.717) is 49.8 Å². The fourth-order valence-corrected chi connectivity index (χ4v) is 3.34. The van der Waals surface area contributed by atoms with Crippen LogP contribution in [0.4, 0.5) is 5.82 Å². The first kappa shape index (κ1) is 20.2. The molecule has 0 aliphatic heterocycles. The molecule has 0 radical (unpaired) electrons. The molecule has 0 fully saturated rings. The van der Waals surface area contributed by atoms with Gasteiger partial charge < -0.3 is 24.9 Å². The van der Waals surface area contributed by atoms with Crippen molar-refractivity contribution in [2.24, 2.45) is 0 Å². The number of hydrogen-bond acceptors (Lipinski definition) is 6. The van der Waals surface area contributed by atoms with Gasteiger partial charge in [-0.25, -0.2) is 9.97 Å². The molecule has 3 rings (SSSR count). The molecule has 0 saturated heterocycles. The maximum absolute atomic E-state index is 11.3. The quantitative estimate of drug-likeness (QED) is 0.619. The summed E-state index contributed by atoms with van der Waals surface area (Å²) in [4.78, 5) is 20.5. The number of nitrogens with two attached hydrogens (primary N) is 1. The monoisotopic (exact) mass is 384 g/mol. The zero-order chi connectivity index (χ0) is 20.5. The number of fused-ring (bicyclic) bond motifs is 3. The Bertz CT molecular complexity index is 1020. The first-order chi connectivity index (χ1) is 13.2. The first-order valence-electron chi connectivity index (χ1n) is 9.56. The SMILES string of the molecule is CCOCc1nc2c(N)nc3cc(CCC(C)=O)ccc3c2n1CC(C)(C)O. The molecule has 0 aliphatic carbocycles. The number of pyridine rings is 1. The molecule has 2 heterocycles. The number of ketones is 1. The van der Waals surface area contributed by atoms with Gasteiger partial charge in [0.15, 0.2) is 5.82 Å². The lowest BCUT2D eigenvalue weighted by Crippen LogP contribution is -2.27. The van der Waals surface area contributed by atoms with Crippen LogP contribution in [0, 0.1) is 0 Å². The van der Waals surface area contributed by atoms with Crippen molar-refractivity contribution in [2.45, 2.75) is 59.3 Å². The summed E-state index contributed by atoms with van der Waals surface area (Å²) in [6.45, 7) is 8.30. The molecule has 0 atom stereocenters. The average Bonchev–Trinajstić information content (AvgIpc) is 2.95. The second-order valence-electron chi connectivity index (χ2n) is 7.81. The smallest absolute Gasteiger partial charge is 0.152 e. The normalized spacial score (nSPS) is 12.2. The number of rotatable bonds is 8. The highest BCUT2D eigenvalue weighted by Crippen LogP contribution is 2.31. The van der Waals surface area contributed by atoms with Crippen LogP contribution in [0.2, 0.25) is 0 Å². The van der Waals surface area contributed by atoms with Crippen molar-refractivity contribution in [3.05, 3.63) is 29.6 Å². The van der Waals surface area contributed by atoms with Gasteiger partial charge in [-0.1, -0.05) is 12.1 Å². The molecule has 7 nitrogen and oxygen atoms in total. The van der Waals surface area contributed by atoms with Crippen LogP contribution in [0.25, 0.3) is 21.9 Å². The van der Waals surface area contributed by atoms with Crippen molar-refractivity contribution in [2.75, 3.05) is 12.3 Å². The minimum Gasteiger partial charge on any atom is -0.389 e. The van der Waals surface area contributed by atoms with Gasteiger partial charge in [0, 0.05) is 18.4 Å². The molecule has 1 aromatic carbocycles. The first-order valence-corrected chi connectivity index (χ1v) is 9.56. The summed E-state index contributed by atoms with van der Waals surface area (Å²) in [5, 5.41) is 11.4. The Morgan fingerprint density at radius 1 is 1.32 bits per heavy atom. The van der Waals surface area contributed by atoms with E-state index < -0.39 is 5.60 Å². The second-order valence-corrected chi connectivity index (χ2v) is 7.81. The van der Waals surface area contributed by atoms with Gasteiger partial charge in [-0.15, -0.1) is 0 Å². The number of ether oxygens (including phenoxy) is 1. The number of Topliss-reactive ketones (excluding diaryl/α,β-unsaturated/α-hetero) is 1. The van der Waals surface area contributed by atoms with Crippen molar-refractivity contribution < 1.29 is 14.6 Å². The Balaban J connectivity index is 2.20. The van der Waals surface area contributed by atoms with Gasteiger partial charge in [0.2, 0.25) is 0 Å². The molecule has 0 bridgehead atoms. The summed E-state index contributed by atoms with van der Waals surface area (Å²) in [7, 11) is 0. The number of imidazole rings is 1. The molecular formula is C21H28N4O3. The number of carbonyl (C=O) groups excluding carboxylic acids is 1. The zero-order valence-corrected chi connectivity index (χ0v) is 17.0. The molecule has 3 N–H and O–H groups in total. The van der Waals surface area contributed by atoms with Gasteiger partial charge in [0.25, 0.3) is 0 Å². The Morgan fingerprint density at radius 3 is 2.71 bits per heavy atom. The Kier molecular flexibility index (Phi) is 5.67. The largest absolute Gasteiger partial charge is 0.389 e. The highest BCUT2D eigenvalue weighted by molar-refractivity contribution is 6.06. The molecule has 3 aromatic rings. The van der Waals surface area contributed by atoms with E-state index in [-0.39, 0.29) is 5.78 Å². The lowest BCUT2D eigenvalue weighted by atomic mass is 10.0. The van der Waals surface area contributed by atoms with Crippen LogP contribution in [0.1, 0.15) is 45.5 Å². The molecule has 0 spiro atoms. The van der Waals surface area contributed by atoms with Crippen LogP contribution in [-0.4, -0.2) is 37.6 Å². The Labute approximate surface area is 164 Å². The van der Waals surface area contributed by atoms with Crippen LogP contribution in [-0.2, 0) is 29.1 Å². The van der Waals surface area contributed by atoms with Crippen molar-refractivity contribution in [1.29, 1.82) is 0 Å². The van der Waals surface area contributed by atoms with Gasteiger partial charge in [-0.05, 0) is 45.7 Å². The molecule has 7 heteroatoms. The van der Waals surface area contributed by atoms with Crippen LogP contribution in [0.3, 0.4) is 0 Å². The molecule has 2 aromatic heterocycles. The van der Waals surface area contributed by atoms with Crippen molar-refractivity contribution in [3.8, 4) is 0 Å². The maximum atomic E-state index is 11.3. The molecule has 150 valence electrons. The van der Waals surface area contributed by atoms with E-state index in [1.54, 1.807) is 20.8 Å². The number of anilines is 1. The summed E-state index contributed by atoms with van der Waals surface area (Å²) < 4.78 is 7.54. The number of carbonyl (C=O) groups is 1. The molecule has 0 aliphatic rings. The van der Waals surface area contributed by atoms with E-state index in [1.807, 2.05) is 29.7 Å². The standard InChI is InChI=1S/C21H28N4O3/c1-5-28-11-17-24-18-19(25(17)12-21(3,4)27)15-9-8-14(7-6-13(2)26)10-16(15)23-20(18)22/h8-10,27H,5-7,11-12H2,1-4H3,(H2,22,23). The number of aliphatic hydroxyl groups is 1. The van der Waals surface area contributed by atoms with Crippen molar-refractivity contribution in [1.82, 2.24) is 14.5 Å². The van der Waals surface area contributed by atoms with Gasteiger partial charge in [0.05, 0.1) is 23.2 Å². The van der Waals surface area contributed by atoms with E-state index in [9.17, 15) is 9.90 Å². The predicted octanol–water partition coefficient (Wildman–Crippen LogP) is 3.00. The topological polar surface area (TPSA) is 103 Å². The molecule has 28 heavy (non-hydrogen) atoms. The van der Waals surface area contributed by atoms with Crippen molar-refractivity contribution >= 4 is 33.5 Å². The van der Waals surface area contributed by atoms with Gasteiger partial charge >= 0.3 is 0 Å². The number of aromatic nitrogens is 3. The van der Waals surface area contributed by atoms with Crippen molar-refractivity contribution in [3.63, 3.8) is 0 Å². The predicted molar refractivity (Wildman–Crippen MR) is 110 cm³/mol. The fraction of sp³-hybridized carbons (Fsp3) is 0.476. The minimum absolute atomic E-state index is 0.159. The number of nitrogens with zero attached hydrogens (tertiary/aromatic N) is 3. The summed E-state index contributed by atoms with van der Waals surface area (Å²) in [5.74, 6) is 1.21. The highest BCUT2D eigenvalue weighted by atomic mass is 16.5. The van der Waals surface area contributed by atoms with Gasteiger partial charge in [-0.3, -0.25) is 0 Å². The van der Waals surface area contributed by atoms with Crippen LogP contribution in [0.5, 0.6) is 0 Å². The van der Waals surface area contributed by atoms with E-state index in [1.165, 1.54) is 0 Å². The molecular weight excluding hydrogens is 356 g/mol. The Morgan fingerprint density at radius 2 is 2.07 bits per heavy atom. The second kappa shape index (κ2) is 7.85. The van der Waals surface area contributed by atoms with E-state index in [2.05, 4.69) is 9.97 Å². The summed E-state index contributed by atoms with van der Waals surface area (Å²) in [5.41, 5.74) is 8.55. The molecule has 0 saturated carbocycles. The average molecular weight is 384 g/mol. The Hall–Kier alpha value is -2.51. The van der Waals surface area contributed by atoms with Crippen LogP contribution in [0.15, 0.2) is 18.2 Å². The summed E-state index contributed by atoms with van der Waals surface area (Å²) >= 11 is 0. The third-order valence-electron chi connectivity index (χ3n) is 4.59. The van der Waals surface area contributed by atoms with E-state index in [0.717, 1.165) is 22.0 Å². The molecule has 0 unspecified atom stereocenters. The minimum atomic E-state index is -0.930. The highest BCUT2D eigenvalue weighted by Gasteiger charge is 2.22. The third kappa shape index (κ3) is 4.31. The van der Waals surface area contributed by atoms with E-state index in [4.69, 9.17) is 10.5 Å². The van der Waals surface area contributed by atoms with Crippen LogP contribution >= 0.6 is 0 Å². The zero-order valence-electron chi connectivity index (χ0n) is 17.0. The number of nitrogen functional groups attached to an aromatic ring is 1. The molecule has 0 amide bonds. The maximum Gasteiger partial charge on any atom is 0.152 e. The summed E-state index contributed by atoms with van der Waals surface area (Å²) in [6, 6.07) is 5.97. The lowest BCUT2D eigenvalue weighted by Gasteiger charge is -2.20. The van der Waals surface area contributed by atoms with Gasteiger partial charge in [0.1, 0.15) is 23.7 Å². The summed E-state index contributed by atoms with van der Waals surface area (Å²) in [6.07, 6.45) is 1.17. The lowest BCUT2D eigenvalue weighted by molar-refractivity contribution is -0.116.